The Morgan fingerprint density at radius 2 is 2.28 bits per heavy atom. The van der Waals surface area contributed by atoms with Gasteiger partial charge in [-0.2, -0.15) is 0 Å². The number of unbranched alkanes of at least 4 members (excludes halogenated alkanes) is 2. The molecule has 4 nitrogen and oxygen atoms in total. The fourth-order valence-corrected chi connectivity index (χ4v) is 2.67. The van der Waals surface area contributed by atoms with Gasteiger partial charge in [-0.15, -0.1) is 0 Å². The van der Waals surface area contributed by atoms with Crippen molar-refractivity contribution in [3.63, 3.8) is 0 Å². The van der Waals surface area contributed by atoms with Crippen molar-refractivity contribution in [2.75, 3.05) is 7.11 Å². The van der Waals surface area contributed by atoms with Crippen LogP contribution in [0.4, 0.5) is 0 Å². The van der Waals surface area contributed by atoms with E-state index in [4.69, 9.17) is 9.94 Å². The molecule has 1 aliphatic rings. The molecule has 0 saturated carbocycles. The maximum absolute atomic E-state index is 11.8. The van der Waals surface area contributed by atoms with E-state index in [-0.39, 0.29) is 17.8 Å². The second-order valence-electron chi connectivity index (χ2n) is 4.94. The van der Waals surface area contributed by atoms with Crippen LogP contribution in [0, 0.1) is 11.8 Å². The molecule has 102 valence electrons. The molecule has 0 saturated heterocycles. The summed E-state index contributed by atoms with van der Waals surface area (Å²) >= 11 is 0. The van der Waals surface area contributed by atoms with Crippen LogP contribution >= 0.6 is 0 Å². The Kier molecular flexibility index (Phi) is 5.89. The predicted octanol–water partition coefficient (Wildman–Crippen LogP) is 3.15. The van der Waals surface area contributed by atoms with Crippen LogP contribution in [0.15, 0.2) is 16.8 Å². The number of allylic oxidation sites excluding steroid dienone is 1. The topological polar surface area (TPSA) is 58.9 Å². The van der Waals surface area contributed by atoms with Gasteiger partial charge in [-0.3, -0.25) is 4.79 Å². The van der Waals surface area contributed by atoms with Gasteiger partial charge in [-0.05, 0) is 31.8 Å². The molecule has 0 fully saturated rings. The fourth-order valence-electron chi connectivity index (χ4n) is 2.67. The SMILES string of the molecule is CCCCC[C@@H]1C/C(=N/O)C=C(C)[C@@H]1C(=O)OC. The minimum Gasteiger partial charge on any atom is -0.469 e. The minimum atomic E-state index is -0.183. The summed E-state index contributed by atoms with van der Waals surface area (Å²) < 4.78 is 4.88. The number of ether oxygens (including phenoxy) is 1. The highest BCUT2D eigenvalue weighted by molar-refractivity contribution is 5.98. The van der Waals surface area contributed by atoms with Crippen molar-refractivity contribution in [2.24, 2.45) is 17.0 Å². The average molecular weight is 253 g/mol. The molecule has 2 atom stereocenters. The van der Waals surface area contributed by atoms with Gasteiger partial charge >= 0.3 is 5.97 Å². The van der Waals surface area contributed by atoms with Crippen molar-refractivity contribution in [1.29, 1.82) is 0 Å². The summed E-state index contributed by atoms with van der Waals surface area (Å²) in [4.78, 5) is 11.8. The van der Waals surface area contributed by atoms with Crippen molar-refractivity contribution in [3.05, 3.63) is 11.6 Å². The van der Waals surface area contributed by atoms with Gasteiger partial charge in [0.15, 0.2) is 0 Å². The summed E-state index contributed by atoms with van der Waals surface area (Å²) in [5, 5.41) is 12.2. The highest BCUT2D eigenvalue weighted by Crippen LogP contribution is 2.34. The normalized spacial score (nSPS) is 25.9. The maximum Gasteiger partial charge on any atom is 0.313 e. The minimum absolute atomic E-state index is 0.178. The number of rotatable bonds is 5. The lowest BCUT2D eigenvalue weighted by Gasteiger charge is -2.29. The first-order chi connectivity index (χ1) is 8.63. The Balaban J connectivity index is 2.82. The lowest BCUT2D eigenvalue weighted by molar-refractivity contribution is -0.145. The highest BCUT2D eigenvalue weighted by atomic mass is 16.5. The molecule has 18 heavy (non-hydrogen) atoms. The Morgan fingerprint density at radius 3 is 2.83 bits per heavy atom. The summed E-state index contributed by atoms with van der Waals surface area (Å²) in [5.74, 6) is -0.167. The van der Waals surface area contributed by atoms with Crippen molar-refractivity contribution in [2.45, 2.75) is 46.0 Å². The molecular weight excluding hydrogens is 230 g/mol. The zero-order valence-electron chi connectivity index (χ0n) is 11.5. The van der Waals surface area contributed by atoms with E-state index in [1.165, 1.54) is 13.5 Å². The molecule has 0 radical (unpaired) electrons. The molecule has 0 heterocycles. The van der Waals surface area contributed by atoms with Gasteiger partial charge in [-0.25, -0.2) is 0 Å². The molecular formula is C14H23NO3. The highest BCUT2D eigenvalue weighted by Gasteiger charge is 2.34. The Labute approximate surface area is 109 Å². The number of hydrogen-bond acceptors (Lipinski definition) is 4. The Morgan fingerprint density at radius 1 is 1.56 bits per heavy atom. The molecule has 1 aliphatic carbocycles. The van der Waals surface area contributed by atoms with Crippen LogP contribution in [0.25, 0.3) is 0 Å². The summed E-state index contributed by atoms with van der Waals surface area (Å²) in [6, 6.07) is 0. The van der Waals surface area contributed by atoms with E-state index in [2.05, 4.69) is 12.1 Å². The number of esters is 1. The third kappa shape index (κ3) is 3.59. The van der Waals surface area contributed by atoms with Gasteiger partial charge in [0.2, 0.25) is 0 Å². The number of carbonyl (C=O) groups is 1. The molecule has 4 heteroatoms. The fraction of sp³-hybridized carbons (Fsp3) is 0.714. The molecule has 0 aliphatic heterocycles. The lowest BCUT2D eigenvalue weighted by atomic mass is 9.75. The van der Waals surface area contributed by atoms with E-state index in [1.807, 2.05) is 6.92 Å². The standard InChI is InChI=1S/C14H23NO3/c1-4-5-6-7-11-9-12(15-17)8-10(2)13(11)14(16)18-3/h8,11,13,17H,4-7,9H2,1-3H3/b15-12+/t11-,13+/m1/s1. The van der Waals surface area contributed by atoms with E-state index in [0.717, 1.165) is 24.8 Å². The first-order valence-corrected chi connectivity index (χ1v) is 6.61. The van der Waals surface area contributed by atoms with Gasteiger partial charge in [0.05, 0.1) is 18.7 Å². The Bertz CT molecular complexity index is 347. The van der Waals surface area contributed by atoms with Crippen LogP contribution in [-0.4, -0.2) is 24.0 Å². The first kappa shape index (κ1) is 14.7. The van der Waals surface area contributed by atoms with Crippen LogP contribution in [0.5, 0.6) is 0 Å². The molecule has 0 unspecified atom stereocenters. The summed E-state index contributed by atoms with van der Waals surface area (Å²) in [6.07, 6.45) is 6.83. The van der Waals surface area contributed by atoms with Gasteiger partial charge in [0, 0.05) is 0 Å². The van der Waals surface area contributed by atoms with Crippen molar-refractivity contribution in [1.82, 2.24) is 0 Å². The van der Waals surface area contributed by atoms with Crippen LogP contribution < -0.4 is 0 Å². The van der Waals surface area contributed by atoms with E-state index >= 15 is 0 Å². The van der Waals surface area contributed by atoms with Crippen molar-refractivity contribution >= 4 is 11.7 Å². The number of oxime groups is 1. The summed E-state index contributed by atoms with van der Waals surface area (Å²) in [6.45, 7) is 4.06. The smallest absolute Gasteiger partial charge is 0.313 e. The number of carbonyl (C=O) groups excluding carboxylic acids is 1. The van der Waals surface area contributed by atoms with E-state index < -0.39 is 0 Å². The summed E-state index contributed by atoms with van der Waals surface area (Å²) in [7, 11) is 1.42. The number of methoxy groups -OCH3 is 1. The quantitative estimate of drug-likeness (QED) is 0.354. The second-order valence-corrected chi connectivity index (χ2v) is 4.94. The van der Waals surface area contributed by atoms with Crippen LogP contribution in [0.1, 0.15) is 46.0 Å². The van der Waals surface area contributed by atoms with Crippen LogP contribution in [0.2, 0.25) is 0 Å². The zero-order valence-corrected chi connectivity index (χ0v) is 11.5. The molecule has 1 N–H and O–H groups in total. The number of nitrogens with zero attached hydrogens (tertiary/aromatic N) is 1. The lowest BCUT2D eigenvalue weighted by Crippen LogP contribution is -2.31. The van der Waals surface area contributed by atoms with Crippen LogP contribution in [0.3, 0.4) is 0 Å². The largest absolute Gasteiger partial charge is 0.469 e. The maximum atomic E-state index is 11.8. The molecule has 0 bridgehead atoms. The van der Waals surface area contributed by atoms with E-state index in [1.54, 1.807) is 6.08 Å². The Hall–Kier alpha value is -1.32. The third-order valence-corrected chi connectivity index (χ3v) is 3.59. The van der Waals surface area contributed by atoms with Crippen molar-refractivity contribution < 1.29 is 14.7 Å². The predicted molar refractivity (Wildman–Crippen MR) is 70.7 cm³/mol. The molecule has 0 spiro atoms. The molecule has 0 aromatic rings. The van der Waals surface area contributed by atoms with Gasteiger partial charge in [0.1, 0.15) is 0 Å². The molecule has 0 amide bonds. The van der Waals surface area contributed by atoms with Crippen LogP contribution in [-0.2, 0) is 9.53 Å². The van der Waals surface area contributed by atoms with Gasteiger partial charge < -0.3 is 9.94 Å². The van der Waals surface area contributed by atoms with Crippen molar-refractivity contribution in [3.8, 4) is 0 Å². The van der Waals surface area contributed by atoms with E-state index in [9.17, 15) is 4.79 Å². The monoisotopic (exact) mass is 253 g/mol. The second kappa shape index (κ2) is 7.19. The summed E-state index contributed by atoms with van der Waals surface area (Å²) in [5.41, 5.74) is 1.59. The molecule has 0 aromatic heterocycles. The zero-order chi connectivity index (χ0) is 13.5. The molecule has 1 rings (SSSR count). The first-order valence-electron chi connectivity index (χ1n) is 6.61. The van der Waals surface area contributed by atoms with E-state index in [0.29, 0.717) is 12.1 Å². The van der Waals surface area contributed by atoms with Gasteiger partial charge in [0.25, 0.3) is 0 Å². The third-order valence-electron chi connectivity index (χ3n) is 3.59. The average Bonchev–Trinajstić information content (AvgIpc) is 2.37. The number of hydrogen-bond donors (Lipinski definition) is 1. The van der Waals surface area contributed by atoms with Gasteiger partial charge in [-0.1, -0.05) is 36.9 Å². The molecule has 0 aromatic carbocycles.